The summed E-state index contributed by atoms with van der Waals surface area (Å²) in [6.07, 6.45) is 3.54. The highest BCUT2D eigenvalue weighted by atomic mass is 32.1. The maximum Gasteiger partial charge on any atom is 0.264 e. The Balaban J connectivity index is 1.51. The van der Waals surface area contributed by atoms with Crippen LogP contribution < -0.4 is 5.32 Å². The fraction of sp³-hybridized carbons (Fsp3) is 0.450. The van der Waals surface area contributed by atoms with Gasteiger partial charge in [0.2, 0.25) is 0 Å². The molecule has 3 heterocycles. The van der Waals surface area contributed by atoms with Gasteiger partial charge in [-0.2, -0.15) is 0 Å². The van der Waals surface area contributed by atoms with Crippen molar-refractivity contribution >= 4 is 17.2 Å². The van der Waals surface area contributed by atoms with Crippen LogP contribution in [0.5, 0.6) is 0 Å². The summed E-state index contributed by atoms with van der Waals surface area (Å²) in [6.45, 7) is 6.14. The molecule has 126 valence electrons. The van der Waals surface area contributed by atoms with Crippen LogP contribution in [0.4, 0.5) is 0 Å². The summed E-state index contributed by atoms with van der Waals surface area (Å²) in [7, 11) is 0. The molecule has 0 radical (unpaired) electrons. The van der Waals surface area contributed by atoms with Crippen molar-refractivity contribution in [1.29, 1.82) is 0 Å². The number of piperidine rings is 1. The topological polar surface area (TPSA) is 32.3 Å². The van der Waals surface area contributed by atoms with Crippen molar-refractivity contribution in [2.75, 3.05) is 26.2 Å². The first-order valence-corrected chi connectivity index (χ1v) is 9.69. The van der Waals surface area contributed by atoms with Gasteiger partial charge < -0.3 is 10.2 Å². The molecule has 1 aromatic heterocycles. The van der Waals surface area contributed by atoms with E-state index < -0.39 is 0 Å². The highest BCUT2D eigenvalue weighted by molar-refractivity contribution is 7.12. The largest absolute Gasteiger partial charge is 0.338 e. The Morgan fingerprint density at radius 1 is 1.12 bits per heavy atom. The lowest BCUT2D eigenvalue weighted by Crippen LogP contribution is -2.43. The molecule has 1 spiro atoms. The van der Waals surface area contributed by atoms with E-state index in [1.165, 1.54) is 12.0 Å². The molecule has 24 heavy (non-hydrogen) atoms. The summed E-state index contributed by atoms with van der Waals surface area (Å²) in [5.41, 5.74) is 3.91. The standard InChI is InChI=1S/C20H24N2OS/c1-15-2-4-16(5-3-15)17-6-13-24-18(17)19(23)22-11-8-20(9-12-22)7-10-21-14-20/h2-6,13,21H,7-12,14H2,1H3. The van der Waals surface area contributed by atoms with Crippen LogP contribution in [0.1, 0.15) is 34.5 Å². The number of hydrogen-bond acceptors (Lipinski definition) is 3. The average molecular weight is 340 g/mol. The van der Waals surface area contributed by atoms with Gasteiger partial charge in [-0.25, -0.2) is 0 Å². The fourth-order valence-electron chi connectivity index (χ4n) is 3.99. The van der Waals surface area contributed by atoms with Gasteiger partial charge in [-0.05, 0) is 55.2 Å². The van der Waals surface area contributed by atoms with Gasteiger partial charge in [0.05, 0.1) is 4.88 Å². The monoisotopic (exact) mass is 340 g/mol. The summed E-state index contributed by atoms with van der Waals surface area (Å²) >= 11 is 1.57. The third-order valence-corrected chi connectivity index (χ3v) is 6.57. The molecule has 2 aliphatic rings. The second-order valence-corrected chi connectivity index (χ2v) is 8.16. The van der Waals surface area contributed by atoms with Crippen LogP contribution in [0, 0.1) is 12.3 Å². The Morgan fingerprint density at radius 3 is 2.54 bits per heavy atom. The van der Waals surface area contributed by atoms with Gasteiger partial charge in [0.1, 0.15) is 0 Å². The molecule has 0 bridgehead atoms. The SMILES string of the molecule is Cc1ccc(-c2ccsc2C(=O)N2CCC3(CCNC3)CC2)cc1. The zero-order valence-corrected chi connectivity index (χ0v) is 15.0. The minimum atomic E-state index is 0.210. The number of carbonyl (C=O) groups is 1. The lowest BCUT2D eigenvalue weighted by molar-refractivity contribution is 0.0613. The molecule has 3 nitrogen and oxygen atoms in total. The lowest BCUT2D eigenvalue weighted by Gasteiger charge is -2.38. The summed E-state index contributed by atoms with van der Waals surface area (Å²) < 4.78 is 0. The Kier molecular flexibility index (Phi) is 4.19. The molecular formula is C20H24N2OS. The van der Waals surface area contributed by atoms with Gasteiger partial charge in [-0.15, -0.1) is 11.3 Å². The summed E-state index contributed by atoms with van der Waals surface area (Å²) in [4.78, 5) is 16.0. The Labute approximate surface area is 147 Å². The van der Waals surface area contributed by atoms with Crippen LogP contribution >= 0.6 is 11.3 Å². The maximum atomic E-state index is 13.0. The third kappa shape index (κ3) is 2.89. The van der Waals surface area contributed by atoms with Crippen LogP contribution in [0.25, 0.3) is 11.1 Å². The zero-order chi connectivity index (χ0) is 16.6. The number of carbonyl (C=O) groups excluding carboxylic acids is 1. The van der Waals surface area contributed by atoms with E-state index in [4.69, 9.17) is 0 Å². The van der Waals surface area contributed by atoms with Crippen molar-refractivity contribution in [3.63, 3.8) is 0 Å². The number of likely N-dealkylation sites (tertiary alicyclic amines) is 1. The van der Waals surface area contributed by atoms with E-state index in [0.717, 1.165) is 55.0 Å². The van der Waals surface area contributed by atoms with Gasteiger partial charge >= 0.3 is 0 Å². The van der Waals surface area contributed by atoms with Crippen LogP contribution in [0.3, 0.4) is 0 Å². The van der Waals surface area contributed by atoms with Crippen molar-refractivity contribution < 1.29 is 4.79 Å². The molecule has 4 heteroatoms. The second-order valence-electron chi connectivity index (χ2n) is 7.25. The predicted octanol–water partition coefficient (Wildman–Crippen LogP) is 3.94. The minimum Gasteiger partial charge on any atom is -0.338 e. The van der Waals surface area contributed by atoms with E-state index in [-0.39, 0.29) is 5.91 Å². The molecule has 0 unspecified atom stereocenters. The number of amides is 1. The molecule has 2 aromatic rings. The molecular weight excluding hydrogens is 316 g/mol. The number of benzene rings is 1. The van der Waals surface area contributed by atoms with E-state index in [2.05, 4.69) is 47.5 Å². The maximum absolute atomic E-state index is 13.0. The first-order chi connectivity index (χ1) is 11.7. The predicted molar refractivity (Wildman–Crippen MR) is 99.5 cm³/mol. The van der Waals surface area contributed by atoms with E-state index >= 15 is 0 Å². The molecule has 1 aromatic carbocycles. The van der Waals surface area contributed by atoms with Crippen LogP contribution in [-0.4, -0.2) is 37.0 Å². The van der Waals surface area contributed by atoms with E-state index in [0.29, 0.717) is 5.41 Å². The van der Waals surface area contributed by atoms with Gasteiger partial charge in [-0.1, -0.05) is 29.8 Å². The van der Waals surface area contributed by atoms with E-state index in [9.17, 15) is 4.79 Å². The Bertz CT molecular complexity index is 718. The minimum absolute atomic E-state index is 0.210. The van der Waals surface area contributed by atoms with Crippen molar-refractivity contribution in [1.82, 2.24) is 10.2 Å². The van der Waals surface area contributed by atoms with Gasteiger partial charge in [0.25, 0.3) is 5.91 Å². The molecule has 1 amide bonds. The number of thiophene rings is 1. The molecule has 0 atom stereocenters. The van der Waals surface area contributed by atoms with Gasteiger partial charge in [-0.3, -0.25) is 4.79 Å². The van der Waals surface area contributed by atoms with Crippen molar-refractivity contribution in [2.24, 2.45) is 5.41 Å². The summed E-state index contributed by atoms with van der Waals surface area (Å²) in [5.74, 6) is 0.210. The summed E-state index contributed by atoms with van der Waals surface area (Å²) in [6, 6.07) is 10.5. The first kappa shape index (κ1) is 15.9. The van der Waals surface area contributed by atoms with Gasteiger partial charge in [0.15, 0.2) is 0 Å². The molecule has 2 fully saturated rings. The number of rotatable bonds is 2. The van der Waals surface area contributed by atoms with Crippen molar-refractivity contribution in [2.45, 2.75) is 26.2 Å². The number of hydrogen-bond donors (Lipinski definition) is 1. The molecule has 0 saturated carbocycles. The van der Waals surface area contributed by atoms with Crippen LogP contribution in [-0.2, 0) is 0 Å². The van der Waals surface area contributed by atoms with Crippen molar-refractivity contribution in [3.8, 4) is 11.1 Å². The molecule has 4 rings (SSSR count). The third-order valence-electron chi connectivity index (χ3n) is 5.67. The Morgan fingerprint density at radius 2 is 1.88 bits per heavy atom. The van der Waals surface area contributed by atoms with E-state index in [1.807, 2.05) is 5.38 Å². The first-order valence-electron chi connectivity index (χ1n) is 8.81. The quantitative estimate of drug-likeness (QED) is 0.898. The van der Waals surface area contributed by atoms with Crippen molar-refractivity contribution in [3.05, 3.63) is 46.2 Å². The normalized spacial score (nSPS) is 19.8. The lowest BCUT2D eigenvalue weighted by atomic mass is 9.78. The van der Waals surface area contributed by atoms with Crippen LogP contribution in [0.15, 0.2) is 35.7 Å². The van der Waals surface area contributed by atoms with E-state index in [1.54, 1.807) is 11.3 Å². The zero-order valence-electron chi connectivity index (χ0n) is 14.2. The highest BCUT2D eigenvalue weighted by Gasteiger charge is 2.38. The number of nitrogens with zero attached hydrogens (tertiary/aromatic N) is 1. The van der Waals surface area contributed by atoms with Gasteiger partial charge in [0, 0.05) is 25.2 Å². The molecule has 1 N–H and O–H groups in total. The summed E-state index contributed by atoms with van der Waals surface area (Å²) in [5, 5.41) is 5.52. The molecule has 0 aliphatic carbocycles. The van der Waals surface area contributed by atoms with Crippen LogP contribution in [0.2, 0.25) is 0 Å². The average Bonchev–Trinajstić information content (AvgIpc) is 3.26. The second kappa shape index (κ2) is 6.34. The number of aryl methyl sites for hydroxylation is 1. The highest BCUT2D eigenvalue weighted by Crippen LogP contribution is 2.38. The molecule has 2 saturated heterocycles. The Hall–Kier alpha value is -1.65. The molecule has 2 aliphatic heterocycles. The smallest absolute Gasteiger partial charge is 0.264 e. The fourth-order valence-corrected chi connectivity index (χ4v) is 4.87. The number of nitrogens with one attached hydrogen (secondary N) is 1.